The van der Waals surface area contributed by atoms with E-state index in [0.717, 1.165) is 0 Å². The zero-order valence-electron chi connectivity index (χ0n) is 5.14. The second-order valence-electron chi connectivity index (χ2n) is 1.91. The number of ether oxygens (including phenoxy) is 1. The summed E-state index contributed by atoms with van der Waals surface area (Å²) in [5.74, 6) is 0. The number of hydrogen-bond donors (Lipinski definition) is 0. The Balaban J connectivity index is 3.76. The lowest BCUT2D eigenvalue weighted by Crippen LogP contribution is -2.17. The summed E-state index contributed by atoms with van der Waals surface area (Å²) in [5.41, 5.74) is -0.720. The van der Waals surface area contributed by atoms with Gasteiger partial charge in [0.25, 0.3) is 0 Å². The predicted octanol–water partition coefficient (Wildman–Crippen LogP) is 1.45. The lowest BCUT2D eigenvalue weighted by molar-refractivity contribution is 0.113. The Hall–Kier alpha value is -0.970. The molecule has 0 amide bonds. The highest BCUT2D eigenvalue weighted by molar-refractivity contribution is 4.95. The lowest BCUT2D eigenvalue weighted by Gasteiger charge is -2.12. The van der Waals surface area contributed by atoms with Gasteiger partial charge in [0.1, 0.15) is 6.07 Å². The van der Waals surface area contributed by atoms with E-state index >= 15 is 0 Å². The quantitative estimate of drug-likeness (QED) is 0.505. The average Bonchev–Trinajstić information content (AvgIpc) is 1.67. The van der Waals surface area contributed by atoms with Gasteiger partial charge < -0.3 is 4.74 Å². The molecule has 2 heteroatoms. The molecule has 44 valence electrons. The lowest BCUT2D eigenvalue weighted by atomic mass is 10.2. The first kappa shape index (κ1) is 7.03. The molecule has 0 radical (unpaired) electrons. The fourth-order valence-corrected chi connectivity index (χ4v) is 0.235. The van der Waals surface area contributed by atoms with Crippen molar-refractivity contribution in [3.8, 4) is 6.07 Å². The topological polar surface area (TPSA) is 33.0 Å². The SMILES string of the molecule is C=COC(C)(C)C#N. The van der Waals surface area contributed by atoms with E-state index in [1.165, 1.54) is 6.26 Å². The Labute approximate surface area is 49.4 Å². The number of nitrogens with zero attached hydrogens (tertiary/aromatic N) is 1. The molecule has 0 atom stereocenters. The van der Waals surface area contributed by atoms with Crippen LogP contribution in [0.1, 0.15) is 13.8 Å². The van der Waals surface area contributed by atoms with Gasteiger partial charge in [-0.15, -0.1) is 0 Å². The minimum absolute atomic E-state index is 0.720. The van der Waals surface area contributed by atoms with Crippen LogP contribution in [0.15, 0.2) is 12.8 Å². The van der Waals surface area contributed by atoms with Crippen LogP contribution < -0.4 is 0 Å². The minimum Gasteiger partial charge on any atom is -0.481 e. The van der Waals surface area contributed by atoms with Crippen molar-refractivity contribution in [2.45, 2.75) is 19.4 Å². The molecule has 0 rings (SSSR count). The highest BCUT2D eigenvalue weighted by Gasteiger charge is 2.14. The van der Waals surface area contributed by atoms with Crippen molar-refractivity contribution in [3.63, 3.8) is 0 Å². The Kier molecular flexibility index (Phi) is 2.08. The molecule has 0 aromatic rings. The van der Waals surface area contributed by atoms with E-state index in [-0.39, 0.29) is 0 Å². The Morgan fingerprint density at radius 1 is 1.75 bits per heavy atom. The molecule has 0 aliphatic heterocycles. The zero-order chi connectivity index (χ0) is 6.62. The second kappa shape index (κ2) is 2.37. The van der Waals surface area contributed by atoms with Crippen LogP contribution >= 0.6 is 0 Å². The maximum absolute atomic E-state index is 8.30. The molecule has 0 heterocycles. The highest BCUT2D eigenvalue weighted by atomic mass is 16.5. The highest BCUT2D eigenvalue weighted by Crippen LogP contribution is 2.05. The van der Waals surface area contributed by atoms with Crippen molar-refractivity contribution in [1.82, 2.24) is 0 Å². The van der Waals surface area contributed by atoms with Crippen LogP contribution in [0.2, 0.25) is 0 Å². The third kappa shape index (κ3) is 2.25. The summed E-state index contributed by atoms with van der Waals surface area (Å²) in [6, 6.07) is 1.95. The van der Waals surface area contributed by atoms with Crippen LogP contribution in [0.25, 0.3) is 0 Å². The van der Waals surface area contributed by atoms with E-state index in [1.807, 2.05) is 6.07 Å². The molecule has 8 heavy (non-hydrogen) atoms. The summed E-state index contributed by atoms with van der Waals surface area (Å²) in [6.07, 6.45) is 1.27. The molecule has 0 aromatic carbocycles. The largest absolute Gasteiger partial charge is 0.481 e. The summed E-state index contributed by atoms with van der Waals surface area (Å²) in [6.45, 7) is 6.67. The number of rotatable bonds is 2. The molecule has 0 aliphatic carbocycles. The molecule has 2 nitrogen and oxygen atoms in total. The molecule has 0 aromatic heterocycles. The smallest absolute Gasteiger partial charge is 0.187 e. The maximum Gasteiger partial charge on any atom is 0.187 e. The van der Waals surface area contributed by atoms with E-state index in [9.17, 15) is 0 Å². The first-order valence-electron chi connectivity index (χ1n) is 2.32. The normalized spacial score (nSPS) is 9.62. The van der Waals surface area contributed by atoms with Crippen molar-refractivity contribution in [2.75, 3.05) is 0 Å². The van der Waals surface area contributed by atoms with Crippen LogP contribution in [-0.4, -0.2) is 5.60 Å². The summed E-state index contributed by atoms with van der Waals surface area (Å²) in [4.78, 5) is 0. The zero-order valence-corrected chi connectivity index (χ0v) is 5.14. The molecular weight excluding hydrogens is 102 g/mol. The number of nitriles is 1. The average molecular weight is 111 g/mol. The minimum atomic E-state index is -0.720. The Morgan fingerprint density at radius 2 is 2.25 bits per heavy atom. The predicted molar refractivity (Wildman–Crippen MR) is 31.0 cm³/mol. The molecule has 0 saturated heterocycles. The van der Waals surface area contributed by atoms with Gasteiger partial charge >= 0.3 is 0 Å². The molecule has 0 aliphatic rings. The van der Waals surface area contributed by atoms with Crippen molar-refractivity contribution >= 4 is 0 Å². The van der Waals surface area contributed by atoms with Crippen LogP contribution in [0.4, 0.5) is 0 Å². The fourth-order valence-electron chi connectivity index (χ4n) is 0.235. The third-order valence-electron chi connectivity index (χ3n) is 0.647. The van der Waals surface area contributed by atoms with Crippen LogP contribution in [0.3, 0.4) is 0 Å². The number of hydrogen-bond acceptors (Lipinski definition) is 2. The van der Waals surface area contributed by atoms with Crippen molar-refractivity contribution < 1.29 is 4.74 Å². The van der Waals surface area contributed by atoms with Gasteiger partial charge in [-0.25, -0.2) is 0 Å². The Morgan fingerprint density at radius 3 is 2.38 bits per heavy atom. The van der Waals surface area contributed by atoms with E-state index in [2.05, 4.69) is 6.58 Å². The standard InChI is InChI=1S/C6H9NO/c1-4-8-6(2,3)5-7/h4H,1H2,2-3H3. The van der Waals surface area contributed by atoms with Gasteiger partial charge in [-0.3, -0.25) is 0 Å². The molecule has 0 spiro atoms. The molecule has 0 fully saturated rings. The molecule has 0 unspecified atom stereocenters. The Bertz CT molecular complexity index is 121. The fraction of sp³-hybridized carbons (Fsp3) is 0.500. The van der Waals surface area contributed by atoms with Crippen molar-refractivity contribution in [1.29, 1.82) is 5.26 Å². The molecular formula is C6H9NO. The summed E-state index contributed by atoms with van der Waals surface area (Å²) < 4.78 is 4.78. The van der Waals surface area contributed by atoms with Crippen molar-refractivity contribution in [3.05, 3.63) is 12.8 Å². The maximum atomic E-state index is 8.30. The monoisotopic (exact) mass is 111 g/mol. The van der Waals surface area contributed by atoms with Gasteiger partial charge in [0.05, 0.1) is 6.26 Å². The van der Waals surface area contributed by atoms with Gasteiger partial charge in [0.15, 0.2) is 5.60 Å². The summed E-state index contributed by atoms with van der Waals surface area (Å²) >= 11 is 0. The van der Waals surface area contributed by atoms with E-state index in [1.54, 1.807) is 13.8 Å². The first-order chi connectivity index (χ1) is 3.62. The van der Waals surface area contributed by atoms with Crippen LogP contribution in [0.5, 0.6) is 0 Å². The summed E-state index contributed by atoms with van der Waals surface area (Å²) in [5, 5.41) is 8.30. The molecule has 0 N–H and O–H groups in total. The molecule has 0 saturated carbocycles. The van der Waals surface area contributed by atoms with Crippen LogP contribution in [0, 0.1) is 11.3 Å². The summed E-state index contributed by atoms with van der Waals surface area (Å²) in [7, 11) is 0. The third-order valence-corrected chi connectivity index (χ3v) is 0.647. The van der Waals surface area contributed by atoms with E-state index in [0.29, 0.717) is 0 Å². The van der Waals surface area contributed by atoms with Crippen LogP contribution in [-0.2, 0) is 4.74 Å². The van der Waals surface area contributed by atoms with Gasteiger partial charge in [-0.2, -0.15) is 5.26 Å². The van der Waals surface area contributed by atoms with E-state index < -0.39 is 5.60 Å². The van der Waals surface area contributed by atoms with Gasteiger partial charge in [0, 0.05) is 0 Å². The molecule has 0 bridgehead atoms. The van der Waals surface area contributed by atoms with Gasteiger partial charge in [-0.1, -0.05) is 6.58 Å². The second-order valence-corrected chi connectivity index (χ2v) is 1.91. The van der Waals surface area contributed by atoms with E-state index in [4.69, 9.17) is 10.00 Å². The van der Waals surface area contributed by atoms with Gasteiger partial charge in [0.2, 0.25) is 0 Å². The van der Waals surface area contributed by atoms with Crippen molar-refractivity contribution in [2.24, 2.45) is 0 Å². The first-order valence-corrected chi connectivity index (χ1v) is 2.32. The van der Waals surface area contributed by atoms with Gasteiger partial charge in [-0.05, 0) is 13.8 Å².